The van der Waals surface area contributed by atoms with Crippen LogP contribution in [0, 0.1) is 0 Å². The Labute approximate surface area is 202 Å². The molecule has 0 N–H and O–H groups in total. The molecule has 0 atom stereocenters. The van der Waals surface area contributed by atoms with Gasteiger partial charge in [-0.15, -0.1) is 0 Å². The number of aldehydes is 2. The highest BCUT2D eigenvalue weighted by Gasteiger charge is 2.36. The van der Waals surface area contributed by atoms with Crippen molar-refractivity contribution in [2.24, 2.45) is 0 Å². The third-order valence-corrected chi connectivity index (χ3v) is 8.09. The Kier molecular flexibility index (Phi) is 6.32. The lowest BCUT2D eigenvalue weighted by molar-refractivity contribution is -0.113. The maximum absolute atomic E-state index is 11.5. The van der Waals surface area contributed by atoms with E-state index in [-0.39, 0.29) is 10.8 Å². The Morgan fingerprint density at radius 1 is 0.471 bits per heavy atom. The number of hydrogen-bond acceptors (Lipinski definition) is 2. The average molecular weight is 449 g/mol. The lowest BCUT2D eigenvalue weighted by atomic mass is 9.80. The van der Waals surface area contributed by atoms with Gasteiger partial charge >= 0.3 is 0 Å². The zero-order chi connectivity index (χ0) is 23.4. The molecule has 2 aliphatic carbocycles. The highest BCUT2D eigenvalue weighted by Crippen LogP contribution is 2.41. The molecule has 4 aromatic rings. The van der Waals surface area contributed by atoms with Crippen LogP contribution in [0.2, 0.25) is 0 Å². The maximum atomic E-state index is 11.5. The van der Waals surface area contributed by atoms with Crippen LogP contribution in [0.5, 0.6) is 0 Å². The molecule has 0 unspecified atom stereocenters. The Morgan fingerprint density at radius 3 is 1.18 bits per heavy atom. The molecule has 0 amide bonds. The standard InChI is InChI=1S/2C16H16O/c2*17-12-16(9-3-4-10-16)15-8-7-13-5-1-2-6-14(13)11-15/h2*1-2,5-8,11-12H,3-4,9-10H2. The fourth-order valence-corrected chi connectivity index (χ4v) is 5.96. The normalized spacial score (nSPS) is 18.4. The van der Waals surface area contributed by atoms with Crippen molar-refractivity contribution in [1.29, 1.82) is 0 Å². The molecular formula is C32H32O2. The van der Waals surface area contributed by atoms with Crippen LogP contribution >= 0.6 is 0 Å². The van der Waals surface area contributed by atoms with E-state index in [2.05, 4.69) is 60.7 Å². The van der Waals surface area contributed by atoms with Crippen molar-refractivity contribution >= 4 is 34.1 Å². The highest BCUT2D eigenvalue weighted by molar-refractivity contribution is 5.85. The van der Waals surface area contributed by atoms with Crippen LogP contribution < -0.4 is 0 Å². The van der Waals surface area contributed by atoms with Gasteiger partial charge in [0.25, 0.3) is 0 Å². The van der Waals surface area contributed by atoms with Crippen LogP contribution in [0.1, 0.15) is 62.5 Å². The zero-order valence-electron chi connectivity index (χ0n) is 19.7. The van der Waals surface area contributed by atoms with Crippen LogP contribution in [0.25, 0.3) is 21.5 Å². The van der Waals surface area contributed by atoms with Gasteiger partial charge in [-0.2, -0.15) is 0 Å². The van der Waals surface area contributed by atoms with E-state index in [9.17, 15) is 9.59 Å². The van der Waals surface area contributed by atoms with Crippen molar-refractivity contribution < 1.29 is 9.59 Å². The molecule has 0 bridgehead atoms. The third kappa shape index (κ3) is 4.18. The van der Waals surface area contributed by atoms with Crippen molar-refractivity contribution in [2.75, 3.05) is 0 Å². The molecule has 2 heteroatoms. The Balaban J connectivity index is 0.000000142. The number of rotatable bonds is 4. The van der Waals surface area contributed by atoms with Crippen molar-refractivity contribution in [3.8, 4) is 0 Å². The van der Waals surface area contributed by atoms with Crippen molar-refractivity contribution in [3.63, 3.8) is 0 Å². The van der Waals surface area contributed by atoms with E-state index in [1.54, 1.807) is 0 Å². The van der Waals surface area contributed by atoms with E-state index in [1.807, 2.05) is 24.3 Å². The number of carbonyl (C=O) groups is 2. The topological polar surface area (TPSA) is 34.1 Å². The highest BCUT2D eigenvalue weighted by atomic mass is 16.1. The van der Waals surface area contributed by atoms with E-state index in [0.29, 0.717) is 0 Å². The largest absolute Gasteiger partial charge is 0.302 e. The summed E-state index contributed by atoms with van der Waals surface area (Å²) in [5, 5.41) is 4.96. The van der Waals surface area contributed by atoms with Gasteiger partial charge in [-0.25, -0.2) is 0 Å². The summed E-state index contributed by atoms with van der Waals surface area (Å²) in [6.45, 7) is 0. The molecule has 2 nitrogen and oxygen atoms in total. The SMILES string of the molecule is O=CC1(c2ccc3ccccc3c2)CCCC1.O=CC1(c2ccc3ccccc3c2)CCCC1. The van der Waals surface area contributed by atoms with Gasteiger partial charge in [0.15, 0.2) is 0 Å². The summed E-state index contributed by atoms with van der Waals surface area (Å²) < 4.78 is 0. The van der Waals surface area contributed by atoms with Gasteiger partial charge in [0.1, 0.15) is 12.6 Å². The van der Waals surface area contributed by atoms with Gasteiger partial charge < -0.3 is 9.59 Å². The van der Waals surface area contributed by atoms with E-state index in [4.69, 9.17) is 0 Å². The first-order chi connectivity index (χ1) is 16.7. The monoisotopic (exact) mass is 448 g/mol. The zero-order valence-corrected chi connectivity index (χ0v) is 19.7. The lowest BCUT2D eigenvalue weighted by Gasteiger charge is -2.22. The predicted molar refractivity (Wildman–Crippen MR) is 140 cm³/mol. The second-order valence-corrected chi connectivity index (χ2v) is 10.1. The van der Waals surface area contributed by atoms with Gasteiger partial charge in [0.2, 0.25) is 0 Å². The van der Waals surface area contributed by atoms with E-state index in [0.717, 1.165) is 25.7 Å². The quantitative estimate of drug-likeness (QED) is 0.300. The van der Waals surface area contributed by atoms with Gasteiger partial charge in [-0.05, 0) is 58.4 Å². The smallest absolute Gasteiger partial charge is 0.130 e. The molecule has 172 valence electrons. The third-order valence-electron chi connectivity index (χ3n) is 8.09. The van der Waals surface area contributed by atoms with Gasteiger partial charge in [0.05, 0.1) is 10.8 Å². The number of hydrogen-bond donors (Lipinski definition) is 0. The molecule has 0 aliphatic heterocycles. The Bertz CT molecular complexity index is 1200. The summed E-state index contributed by atoms with van der Waals surface area (Å²) >= 11 is 0. The predicted octanol–water partition coefficient (Wildman–Crippen LogP) is 7.70. The fraction of sp³-hybridized carbons (Fsp3) is 0.312. The second-order valence-electron chi connectivity index (χ2n) is 10.1. The average Bonchev–Trinajstić information content (AvgIpc) is 3.60. The van der Waals surface area contributed by atoms with Crippen molar-refractivity contribution in [2.45, 2.75) is 62.2 Å². The molecule has 2 saturated carbocycles. The molecule has 0 spiro atoms. The minimum atomic E-state index is -0.204. The summed E-state index contributed by atoms with van der Waals surface area (Å²) in [7, 11) is 0. The second kappa shape index (κ2) is 9.54. The summed E-state index contributed by atoms with van der Waals surface area (Å²) in [5.41, 5.74) is 1.99. The van der Waals surface area contributed by atoms with E-state index in [1.165, 1.54) is 70.9 Å². The first-order valence-corrected chi connectivity index (χ1v) is 12.6. The summed E-state index contributed by atoms with van der Waals surface area (Å²) in [6, 6.07) is 29.6. The molecule has 0 saturated heterocycles. The molecule has 2 aliphatic rings. The Morgan fingerprint density at radius 2 is 0.824 bits per heavy atom. The lowest BCUT2D eigenvalue weighted by Crippen LogP contribution is -2.23. The van der Waals surface area contributed by atoms with Gasteiger partial charge in [-0.3, -0.25) is 0 Å². The molecule has 4 aromatic carbocycles. The molecule has 34 heavy (non-hydrogen) atoms. The minimum absolute atomic E-state index is 0.204. The van der Waals surface area contributed by atoms with E-state index >= 15 is 0 Å². The Hall–Kier alpha value is -3.26. The van der Waals surface area contributed by atoms with Crippen molar-refractivity contribution in [3.05, 3.63) is 96.1 Å². The number of carbonyl (C=O) groups excluding carboxylic acids is 2. The first kappa shape index (κ1) is 22.5. The van der Waals surface area contributed by atoms with Gasteiger partial charge in [0, 0.05) is 0 Å². The number of benzene rings is 4. The van der Waals surface area contributed by atoms with Crippen LogP contribution in [0.15, 0.2) is 84.9 Å². The van der Waals surface area contributed by atoms with Crippen LogP contribution in [0.4, 0.5) is 0 Å². The molecule has 6 rings (SSSR count). The molecular weight excluding hydrogens is 416 g/mol. The molecule has 0 heterocycles. The van der Waals surface area contributed by atoms with Crippen molar-refractivity contribution in [1.82, 2.24) is 0 Å². The first-order valence-electron chi connectivity index (χ1n) is 12.6. The summed E-state index contributed by atoms with van der Waals surface area (Å²) in [4.78, 5) is 22.9. The minimum Gasteiger partial charge on any atom is -0.302 e. The summed E-state index contributed by atoms with van der Waals surface area (Å²) in [5.74, 6) is 0. The van der Waals surface area contributed by atoms with E-state index < -0.39 is 0 Å². The van der Waals surface area contributed by atoms with Gasteiger partial charge in [-0.1, -0.05) is 111 Å². The van der Waals surface area contributed by atoms with Crippen LogP contribution in [0.3, 0.4) is 0 Å². The fourth-order valence-electron chi connectivity index (χ4n) is 5.96. The molecule has 0 radical (unpaired) electrons. The molecule has 2 fully saturated rings. The van der Waals surface area contributed by atoms with Crippen LogP contribution in [-0.2, 0) is 20.4 Å². The molecule has 0 aromatic heterocycles. The maximum Gasteiger partial charge on any atom is 0.130 e. The number of fused-ring (bicyclic) bond motifs is 2. The van der Waals surface area contributed by atoms with Crippen LogP contribution in [-0.4, -0.2) is 12.6 Å². The summed E-state index contributed by atoms with van der Waals surface area (Å²) in [6.07, 6.45) is 11.1.